The molecule has 0 aromatic heterocycles. The molecule has 0 aliphatic carbocycles. The van der Waals surface area contributed by atoms with E-state index in [9.17, 15) is 107 Å². The van der Waals surface area contributed by atoms with Crippen LogP contribution in [-0.4, -0.2) is 245 Å². The largest absolute Gasteiger partial charge is 0.508 e. The number of benzene rings is 1. The lowest BCUT2D eigenvalue weighted by atomic mass is 10.0. The van der Waals surface area contributed by atoms with Crippen molar-refractivity contribution >= 4 is 107 Å². The van der Waals surface area contributed by atoms with Gasteiger partial charge in [-0.3, -0.25) is 81.5 Å². The number of aliphatic hydroxyl groups is 2. The third-order valence-electron chi connectivity index (χ3n) is 11.0. The van der Waals surface area contributed by atoms with Crippen LogP contribution in [0.4, 0.5) is 0 Å². The van der Waals surface area contributed by atoms with Crippen molar-refractivity contribution in [2.24, 2.45) is 0 Å². The second-order valence-electron chi connectivity index (χ2n) is 18.3. The fourth-order valence-electron chi connectivity index (χ4n) is 6.50. The van der Waals surface area contributed by atoms with E-state index < -0.39 is 234 Å². The van der Waals surface area contributed by atoms with Gasteiger partial charge in [-0.05, 0) is 38.0 Å². The monoisotopic (exact) mass is 1240 g/mol. The molecule has 0 unspecified atom stereocenters. The fraction of sp³-hybridized carbons (Fsp3) is 0.500. The molecule has 1 aromatic carbocycles. The number of carboxylic acid groups (broad SMARTS) is 3. The SMILES string of the molecule is CC(=O)N[C@@H](Cc1ccc(O)cc1)C(=O)N[C@@H](CCC(=O)O)C(=O)N[C@@H](CO)C(=O)NCC(=O)NCC(=O)NCC(=O)NCC(=O)NCC(=O)NCC(=O)NCC(=O)NCC(=O)NCC(=O)N[C@@H](C)C(=O)N[C@H](C(=O)N[C@@H](CC(=O)O)C(=O)O)[C@@H](C)O. The number of phenolic OH excluding ortho intramolecular Hbond substituents is 1. The molecule has 0 bridgehead atoms. The maximum absolute atomic E-state index is 13.2. The van der Waals surface area contributed by atoms with Crippen LogP contribution in [0.3, 0.4) is 0 Å². The van der Waals surface area contributed by atoms with Gasteiger partial charge in [0.1, 0.15) is 42.0 Å². The van der Waals surface area contributed by atoms with Crippen molar-refractivity contribution < 1.29 is 117 Å². The lowest BCUT2D eigenvalue weighted by Gasteiger charge is -2.24. The normalized spacial score (nSPS) is 12.8. The van der Waals surface area contributed by atoms with E-state index in [2.05, 4.69) is 74.4 Å². The zero-order chi connectivity index (χ0) is 65.9. The molecule has 0 heterocycles. The smallest absolute Gasteiger partial charge is 0.326 e. The van der Waals surface area contributed by atoms with Crippen LogP contribution in [0, 0.1) is 0 Å². The van der Waals surface area contributed by atoms with E-state index in [0.29, 0.717) is 5.56 Å². The van der Waals surface area contributed by atoms with Crippen molar-refractivity contribution in [2.45, 2.75) is 88.8 Å². The molecule has 15 amide bonds. The standard InChI is InChI=1S/C48H69N15O24/c1-22(43(81)63-42(23(2)65)47(85)61-29(48(86)87)11-41(79)80)58-39(76)20-56-37(74)18-54-35(72)16-52-33(70)14-50-31(68)12-49-32(69)13-51-34(71)15-53-36(73)17-55-38(75)19-57-44(82)30(21-64)62-45(83)27(8-9-40(77)78)60-46(84)28(59-24(3)66)10-25-4-6-26(67)7-5-25/h4-7,22-23,27-30,42,64-65,67H,8-21H2,1-3H3,(H,49,69)(H,50,68)(H,51,71)(H,52,70)(H,53,73)(H,54,72)(H,55,75)(H,56,74)(H,57,82)(H,58,76)(H,59,66)(H,60,84)(H,61,85)(H,62,83)(H,63,81)(H,77,78)(H,79,80)(H,86,87)/t22-,23+,27-,28-,29-,30-,42-/m0/s1. The molecule has 480 valence electrons. The number of hydrogen-bond acceptors (Lipinski definition) is 21. The third kappa shape index (κ3) is 32.7. The van der Waals surface area contributed by atoms with E-state index in [1.807, 2.05) is 5.32 Å². The molecule has 0 radical (unpaired) electrons. The summed E-state index contributed by atoms with van der Waals surface area (Å²) in [7, 11) is 0. The summed E-state index contributed by atoms with van der Waals surface area (Å²) in [5.41, 5.74) is 0.491. The summed E-state index contributed by atoms with van der Waals surface area (Å²) in [6.07, 6.45) is -3.88. The van der Waals surface area contributed by atoms with Gasteiger partial charge >= 0.3 is 17.9 Å². The average molecular weight is 1240 g/mol. The number of aliphatic carboxylic acids is 3. The molecule has 1 rings (SSSR count). The summed E-state index contributed by atoms with van der Waals surface area (Å²) in [6, 6.07) is -4.09. The summed E-state index contributed by atoms with van der Waals surface area (Å²) in [4.78, 5) is 219. The van der Waals surface area contributed by atoms with Gasteiger partial charge in [0.05, 0.1) is 78.0 Å². The zero-order valence-electron chi connectivity index (χ0n) is 46.8. The summed E-state index contributed by atoms with van der Waals surface area (Å²) >= 11 is 0. The Morgan fingerprint density at radius 2 is 0.793 bits per heavy atom. The van der Waals surface area contributed by atoms with Gasteiger partial charge in [-0.25, -0.2) is 4.79 Å². The van der Waals surface area contributed by atoms with E-state index in [1.54, 1.807) is 0 Å². The molecule has 39 heteroatoms. The first-order valence-corrected chi connectivity index (χ1v) is 25.7. The second kappa shape index (κ2) is 39.0. The minimum atomic E-state index is -1.90. The summed E-state index contributed by atoms with van der Waals surface area (Å²) in [5, 5.41) is 88.6. The van der Waals surface area contributed by atoms with Crippen molar-refractivity contribution in [2.75, 3.05) is 65.5 Å². The van der Waals surface area contributed by atoms with Crippen molar-refractivity contribution in [1.29, 1.82) is 0 Å². The molecule has 0 aliphatic rings. The molecule has 0 saturated heterocycles. The molecule has 0 spiro atoms. The Morgan fingerprint density at radius 1 is 0.414 bits per heavy atom. The molecular weight excluding hydrogens is 1170 g/mol. The maximum Gasteiger partial charge on any atom is 0.326 e. The third-order valence-corrected chi connectivity index (χ3v) is 11.0. The van der Waals surface area contributed by atoms with Gasteiger partial charge in [-0.2, -0.15) is 0 Å². The Kier molecular flexibility index (Phi) is 33.4. The van der Waals surface area contributed by atoms with Gasteiger partial charge in [-0.15, -0.1) is 0 Å². The summed E-state index contributed by atoms with van der Waals surface area (Å²) in [6.45, 7) is -4.14. The number of carbonyl (C=O) groups excluding carboxylic acids is 15. The first kappa shape index (κ1) is 74.4. The van der Waals surface area contributed by atoms with Gasteiger partial charge < -0.3 is 110 Å². The molecular formula is C48H69N15O24. The molecule has 7 atom stereocenters. The minimum absolute atomic E-state index is 0.0723. The Balaban J connectivity index is 2.39. The highest BCUT2D eigenvalue weighted by Crippen LogP contribution is 2.12. The van der Waals surface area contributed by atoms with Crippen molar-refractivity contribution in [3.8, 4) is 5.75 Å². The van der Waals surface area contributed by atoms with Crippen LogP contribution in [-0.2, 0) is 92.7 Å². The fourth-order valence-corrected chi connectivity index (χ4v) is 6.50. The summed E-state index contributed by atoms with van der Waals surface area (Å²) in [5.74, 6) is -19.0. The Labute approximate surface area is 492 Å². The highest BCUT2D eigenvalue weighted by Gasteiger charge is 2.33. The van der Waals surface area contributed by atoms with Gasteiger partial charge in [0.2, 0.25) is 88.6 Å². The first-order valence-electron chi connectivity index (χ1n) is 25.7. The molecule has 0 aliphatic heterocycles. The molecule has 39 nitrogen and oxygen atoms in total. The molecule has 1 aromatic rings. The molecule has 21 N–H and O–H groups in total. The average Bonchev–Trinajstić information content (AvgIpc) is 3.44. The Bertz CT molecular complexity index is 2710. The highest BCUT2D eigenvalue weighted by molar-refractivity contribution is 5.98. The predicted octanol–water partition coefficient (Wildman–Crippen LogP) is -12.3. The number of carboxylic acids is 3. The number of carbonyl (C=O) groups is 18. The minimum Gasteiger partial charge on any atom is -0.508 e. The number of nitrogens with one attached hydrogen (secondary N) is 15. The number of rotatable bonds is 39. The number of aliphatic hydroxyl groups excluding tert-OH is 2. The zero-order valence-corrected chi connectivity index (χ0v) is 46.8. The van der Waals surface area contributed by atoms with Gasteiger partial charge in [0.15, 0.2) is 0 Å². The Morgan fingerprint density at radius 3 is 1.16 bits per heavy atom. The topological polar surface area (TPSA) is 609 Å². The predicted molar refractivity (Wildman–Crippen MR) is 287 cm³/mol. The van der Waals surface area contributed by atoms with Crippen molar-refractivity contribution in [3.63, 3.8) is 0 Å². The van der Waals surface area contributed by atoms with Gasteiger partial charge in [0, 0.05) is 19.8 Å². The van der Waals surface area contributed by atoms with Crippen LogP contribution >= 0.6 is 0 Å². The van der Waals surface area contributed by atoms with E-state index in [-0.39, 0.29) is 12.2 Å². The van der Waals surface area contributed by atoms with E-state index >= 15 is 0 Å². The number of phenols is 1. The molecule has 87 heavy (non-hydrogen) atoms. The lowest BCUT2D eigenvalue weighted by molar-refractivity contribution is -0.147. The number of aromatic hydroxyl groups is 1. The number of amides is 15. The van der Waals surface area contributed by atoms with Crippen molar-refractivity contribution in [1.82, 2.24) is 79.8 Å². The van der Waals surface area contributed by atoms with Crippen LogP contribution < -0.4 is 79.8 Å². The molecule has 0 fully saturated rings. The van der Waals surface area contributed by atoms with Crippen LogP contribution in [0.15, 0.2) is 24.3 Å². The van der Waals surface area contributed by atoms with Crippen LogP contribution in [0.25, 0.3) is 0 Å². The van der Waals surface area contributed by atoms with Gasteiger partial charge in [0.25, 0.3) is 0 Å². The van der Waals surface area contributed by atoms with Crippen LogP contribution in [0.1, 0.15) is 45.6 Å². The second-order valence-corrected chi connectivity index (χ2v) is 18.3. The van der Waals surface area contributed by atoms with Crippen LogP contribution in [0.5, 0.6) is 5.75 Å². The first-order chi connectivity index (χ1) is 40.8. The van der Waals surface area contributed by atoms with E-state index in [0.717, 1.165) is 20.8 Å². The quantitative estimate of drug-likeness (QED) is 0.0291. The summed E-state index contributed by atoms with van der Waals surface area (Å²) < 4.78 is 0. The van der Waals surface area contributed by atoms with Gasteiger partial charge in [-0.1, -0.05) is 12.1 Å². The lowest BCUT2D eigenvalue weighted by Crippen LogP contribution is -2.59. The molecule has 0 saturated carbocycles. The highest BCUT2D eigenvalue weighted by atomic mass is 16.4. The van der Waals surface area contributed by atoms with E-state index in [1.165, 1.54) is 24.3 Å². The van der Waals surface area contributed by atoms with E-state index in [4.69, 9.17) is 10.2 Å². The van der Waals surface area contributed by atoms with Crippen LogP contribution in [0.2, 0.25) is 0 Å². The van der Waals surface area contributed by atoms with Crippen molar-refractivity contribution in [3.05, 3.63) is 29.8 Å². The Hall–Kier alpha value is -10.6. The maximum atomic E-state index is 13.2. The number of hydrogen-bond donors (Lipinski definition) is 21.